The highest BCUT2D eigenvalue weighted by Gasteiger charge is 2.19. The maximum Gasteiger partial charge on any atom is 0.228 e. The fraction of sp³-hybridized carbons (Fsp3) is 0.591. The standard InChI is InChI=1S/C22H33ClN6O.HI/c1-3-5-14-29-15-11-19(12-16-29)26-22(24-4-2)25-13-10-20-27-21(28-30-20)17-6-8-18(23)9-7-17;/h6-9,19H,3-5,10-16H2,1-2H3,(H2,24,25,26);1H. The molecule has 3 rings (SSSR count). The van der Waals surface area contributed by atoms with Crippen molar-refractivity contribution in [3.63, 3.8) is 0 Å². The van der Waals surface area contributed by atoms with Crippen LogP contribution in [0.5, 0.6) is 0 Å². The van der Waals surface area contributed by atoms with Crippen molar-refractivity contribution in [2.24, 2.45) is 4.99 Å². The van der Waals surface area contributed by atoms with E-state index in [0.29, 0.717) is 35.7 Å². The van der Waals surface area contributed by atoms with E-state index in [9.17, 15) is 0 Å². The quantitative estimate of drug-likeness (QED) is 0.269. The molecule has 7 nitrogen and oxygen atoms in total. The van der Waals surface area contributed by atoms with Crippen LogP contribution in [0.25, 0.3) is 11.4 Å². The predicted octanol–water partition coefficient (Wildman–Crippen LogP) is 4.37. The molecule has 1 aromatic carbocycles. The molecule has 1 aliphatic heterocycles. The van der Waals surface area contributed by atoms with Gasteiger partial charge in [0.25, 0.3) is 0 Å². The molecule has 0 radical (unpaired) electrons. The fourth-order valence-electron chi connectivity index (χ4n) is 3.53. The third-order valence-electron chi connectivity index (χ3n) is 5.27. The lowest BCUT2D eigenvalue weighted by molar-refractivity contribution is 0.203. The number of nitrogens with zero attached hydrogens (tertiary/aromatic N) is 4. The van der Waals surface area contributed by atoms with Crippen molar-refractivity contribution < 1.29 is 4.52 Å². The van der Waals surface area contributed by atoms with Gasteiger partial charge in [0.1, 0.15) is 0 Å². The summed E-state index contributed by atoms with van der Waals surface area (Å²) in [5.74, 6) is 2.02. The van der Waals surface area contributed by atoms with Crippen LogP contribution in [0.1, 0.15) is 45.4 Å². The summed E-state index contributed by atoms with van der Waals surface area (Å²) in [6, 6.07) is 7.88. The summed E-state index contributed by atoms with van der Waals surface area (Å²) in [7, 11) is 0. The van der Waals surface area contributed by atoms with Crippen LogP contribution in [0.15, 0.2) is 33.8 Å². The Labute approximate surface area is 207 Å². The lowest BCUT2D eigenvalue weighted by Gasteiger charge is -2.33. The Morgan fingerprint density at radius 3 is 2.65 bits per heavy atom. The molecule has 9 heteroatoms. The van der Waals surface area contributed by atoms with Crippen molar-refractivity contribution in [3.05, 3.63) is 35.2 Å². The first kappa shape index (κ1) is 25.9. The van der Waals surface area contributed by atoms with E-state index in [2.05, 4.69) is 39.5 Å². The van der Waals surface area contributed by atoms with E-state index in [-0.39, 0.29) is 24.0 Å². The number of aliphatic imine (C=N–C) groups is 1. The van der Waals surface area contributed by atoms with Crippen LogP contribution in [0.2, 0.25) is 5.02 Å². The minimum absolute atomic E-state index is 0. The highest BCUT2D eigenvalue weighted by molar-refractivity contribution is 14.0. The van der Waals surface area contributed by atoms with E-state index in [1.54, 1.807) is 0 Å². The normalized spacial score (nSPS) is 15.5. The van der Waals surface area contributed by atoms with Gasteiger partial charge in [0, 0.05) is 42.7 Å². The topological polar surface area (TPSA) is 78.6 Å². The van der Waals surface area contributed by atoms with Gasteiger partial charge in [0.2, 0.25) is 11.7 Å². The van der Waals surface area contributed by atoms with E-state index < -0.39 is 0 Å². The van der Waals surface area contributed by atoms with Gasteiger partial charge in [-0.15, -0.1) is 24.0 Å². The van der Waals surface area contributed by atoms with Gasteiger partial charge in [-0.05, 0) is 57.0 Å². The first-order valence-electron chi connectivity index (χ1n) is 11.0. The Morgan fingerprint density at radius 1 is 1.23 bits per heavy atom. The van der Waals surface area contributed by atoms with Crippen LogP contribution in [-0.4, -0.2) is 59.8 Å². The van der Waals surface area contributed by atoms with Crippen molar-refractivity contribution >= 4 is 41.5 Å². The molecule has 0 saturated carbocycles. The Kier molecular flexibility index (Phi) is 11.6. The van der Waals surface area contributed by atoms with E-state index in [1.807, 2.05) is 24.3 Å². The zero-order chi connectivity index (χ0) is 21.2. The van der Waals surface area contributed by atoms with Crippen molar-refractivity contribution in [1.29, 1.82) is 0 Å². The lowest BCUT2D eigenvalue weighted by Crippen LogP contribution is -2.48. The van der Waals surface area contributed by atoms with Gasteiger partial charge in [-0.2, -0.15) is 4.98 Å². The smallest absolute Gasteiger partial charge is 0.228 e. The van der Waals surface area contributed by atoms with Crippen molar-refractivity contribution in [2.75, 3.05) is 32.7 Å². The predicted molar refractivity (Wildman–Crippen MR) is 137 cm³/mol. The van der Waals surface area contributed by atoms with Gasteiger partial charge in [0.05, 0.1) is 6.54 Å². The number of nitrogens with one attached hydrogen (secondary N) is 2. The summed E-state index contributed by atoms with van der Waals surface area (Å²) >= 11 is 5.93. The minimum Gasteiger partial charge on any atom is -0.357 e. The van der Waals surface area contributed by atoms with Gasteiger partial charge in [-0.1, -0.05) is 30.1 Å². The number of aromatic nitrogens is 2. The molecule has 0 atom stereocenters. The summed E-state index contributed by atoms with van der Waals surface area (Å²) in [6.45, 7) is 9.30. The van der Waals surface area contributed by atoms with Crippen molar-refractivity contribution in [3.8, 4) is 11.4 Å². The zero-order valence-corrected chi connectivity index (χ0v) is 21.5. The van der Waals surface area contributed by atoms with Crippen LogP contribution in [0.4, 0.5) is 0 Å². The van der Waals surface area contributed by atoms with Gasteiger partial charge in [-0.3, -0.25) is 4.99 Å². The maximum absolute atomic E-state index is 5.93. The SMILES string of the molecule is CCCCN1CCC(NC(=NCCc2nc(-c3ccc(Cl)cc3)no2)NCC)CC1.I. The average Bonchev–Trinajstić information content (AvgIpc) is 3.23. The first-order valence-corrected chi connectivity index (χ1v) is 11.4. The van der Waals surface area contributed by atoms with Crippen molar-refractivity contribution in [2.45, 2.75) is 52.0 Å². The largest absolute Gasteiger partial charge is 0.357 e. The molecule has 0 bridgehead atoms. The Hall–Kier alpha value is -1.39. The number of guanidine groups is 1. The van der Waals surface area contributed by atoms with Crippen LogP contribution in [-0.2, 0) is 6.42 Å². The second-order valence-corrected chi connectivity index (χ2v) is 8.08. The summed E-state index contributed by atoms with van der Waals surface area (Å²) in [4.78, 5) is 11.7. The van der Waals surface area contributed by atoms with Crippen LogP contribution in [0, 0.1) is 0 Å². The Balaban J connectivity index is 0.00000341. The second-order valence-electron chi connectivity index (χ2n) is 7.64. The molecule has 1 saturated heterocycles. The molecule has 172 valence electrons. The molecular formula is C22H34ClIN6O. The van der Waals surface area contributed by atoms with E-state index in [4.69, 9.17) is 21.1 Å². The first-order chi connectivity index (χ1) is 14.7. The molecule has 2 N–H and O–H groups in total. The highest BCUT2D eigenvalue weighted by atomic mass is 127. The molecular weight excluding hydrogens is 527 g/mol. The van der Waals surface area contributed by atoms with Crippen LogP contribution < -0.4 is 10.6 Å². The molecule has 1 aromatic heterocycles. The highest BCUT2D eigenvalue weighted by Crippen LogP contribution is 2.18. The van der Waals surface area contributed by atoms with Gasteiger partial charge in [-0.25, -0.2) is 0 Å². The number of benzene rings is 1. The molecule has 2 heterocycles. The molecule has 0 amide bonds. The monoisotopic (exact) mass is 560 g/mol. The molecule has 2 aromatic rings. The lowest BCUT2D eigenvalue weighted by atomic mass is 10.0. The number of hydrogen-bond acceptors (Lipinski definition) is 5. The minimum atomic E-state index is 0. The molecule has 0 spiro atoms. The summed E-state index contributed by atoms with van der Waals surface area (Å²) in [5, 5.41) is 11.7. The van der Waals surface area contributed by atoms with Crippen LogP contribution >= 0.6 is 35.6 Å². The third kappa shape index (κ3) is 8.57. The number of piperidine rings is 1. The molecule has 31 heavy (non-hydrogen) atoms. The number of halogens is 2. The van der Waals surface area contributed by atoms with E-state index >= 15 is 0 Å². The van der Waals surface area contributed by atoms with Crippen LogP contribution in [0.3, 0.4) is 0 Å². The third-order valence-corrected chi connectivity index (χ3v) is 5.52. The van der Waals surface area contributed by atoms with Gasteiger partial charge < -0.3 is 20.1 Å². The number of hydrogen-bond donors (Lipinski definition) is 2. The molecule has 0 unspecified atom stereocenters. The van der Waals surface area contributed by atoms with Gasteiger partial charge >= 0.3 is 0 Å². The number of rotatable bonds is 9. The molecule has 1 aliphatic rings. The second kappa shape index (κ2) is 13.9. The zero-order valence-electron chi connectivity index (χ0n) is 18.4. The number of unbranched alkanes of at least 4 members (excludes halogenated alkanes) is 1. The van der Waals surface area contributed by atoms with Gasteiger partial charge in [0.15, 0.2) is 5.96 Å². The van der Waals surface area contributed by atoms with E-state index in [0.717, 1.165) is 44.0 Å². The summed E-state index contributed by atoms with van der Waals surface area (Å²) in [5.41, 5.74) is 0.887. The maximum atomic E-state index is 5.93. The van der Waals surface area contributed by atoms with E-state index in [1.165, 1.54) is 19.4 Å². The average molecular weight is 561 g/mol. The molecule has 1 fully saturated rings. The molecule has 0 aliphatic carbocycles. The Bertz CT molecular complexity index is 790. The summed E-state index contributed by atoms with van der Waals surface area (Å²) in [6.07, 6.45) is 5.46. The Morgan fingerprint density at radius 2 is 1.97 bits per heavy atom. The number of likely N-dealkylation sites (tertiary alicyclic amines) is 1. The van der Waals surface area contributed by atoms with Crippen molar-refractivity contribution in [1.82, 2.24) is 25.7 Å². The summed E-state index contributed by atoms with van der Waals surface area (Å²) < 4.78 is 5.38. The fourth-order valence-corrected chi connectivity index (χ4v) is 3.66.